The normalized spacial score (nSPS) is 13.9. The number of aromatic nitrogens is 3. The Morgan fingerprint density at radius 3 is 2.41 bits per heavy atom. The molecular weight excluding hydrogens is 594 g/mol. The molecule has 1 saturated heterocycles. The maximum absolute atomic E-state index is 12.9. The fourth-order valence-corrected chi connectivity index (χ4v) is 6.29. The molecule has 1 aliphatic heterocycles. The van der Waals surface area contributed by atoms with Crippen molar-refractivity contribution in [2.45, 2.75) is 45.6 Å². The summed E-state index contributed by atoms with van der Waals surface area (Å²) in [5.74, 6) is 1.51. The molecule has 3 aromatic carbocycles. The van der Waals surface area contributed by atoms with Crippen LogP contribution in [0.15, 0.2) is 79.1 Å². The number of nitrogens with zero attached hydrogens (tertiary/aromatic N) is 5. The highest BCUT2D eigenvalue weighted by molar-refractivity contribution is 6.34. The van der Waals surface area contributed by atoms with E-state index in [1.807, 2.05) is 42.7 Å². The highest BCUT2D eigenvalue weighted by Crippen LogP contribution is 2.34. The molecule has 8 nitrogen and oxygen atoms in total. The van der Waals surface area contributed by atoms with E-state index in [4.69, 9.17) is 21.6 Å². The van der Waals surface area contributed by atoms with Crippen molar-refractivity contribution < 1.29 is 4.79 Å². The van der Waals surface area contributed by atoms with Crippen molar-refractivity contribution in [3.05, 3.63) is 101 Å². The van der Waals surface area contributed by atoms with Crippen LogP contribution in [0.3, 0.4) is 0 Å². The third kappa shape index (κ3) is 6.83. The smallest absolute Gasteiger partial charge is 0.257 e. The summed E-state index contributed by atoms with van der Waals surface area (Å²) in [5.41, 5.74) is 7.18. The van der Waals surface area contributed by atoms with Crippen LogP contribution >= 0.6 is 11.6 Å². The number of benzene rings is 3. The van der Waals surface area contributed by atoms with Gasteiger partial charge in [0.15, 0.2) is 0 Å². The van der Waals surface area contributed by atoms with Gasteiger partial charge in [0, 0.05) is 36.4 Å². The zero-order valence-corrected chi connectivity index (χ0v) is 27.8. The number of nitrogens with one attached hydrogen (secondary N) is 2. The molecule has 0 saturated carbocycles. The second kappa shape index (κ2) is 13.4. The van der Waals surface area contributed by atoms with Crippen LogP contribution in [0.1, 0.15) is 54.1 Å². The number of fused-ring (bicyclic) bond motifs is 1. The number of aryl methyl sites for hydroxylation is 1. The van der Waals surface area contributed by atoms with Gasteiger partial charge in [0.05, 0.1) is 28.0 Å². The van der Waals surface area contributed by atoms with Crippen molar-refractivity contribution in [2.75, 3.05) is 42.7 Å². The Hall–Kier alpha value is -4.53. The third-order valence-corrected chi connectivity index (χ3v) is 9.11. The third-order valence-electron chi connectivity index (χ3n) is 8.78. The number of hydrogen-bond donors (Lipinski definition) is 2. The van der Waals surface area contributed by atoms with Crippen molar-refractivity contribution in [1.29, 1.82) is 0 Å². The molecular formula is C37H40ClN7O. The Bertz CT molecular complexity index is 1860. The Kier molecular flexibility index (Phi) is 9.20. The van der Waals surface area contributed by atoms with Gasteiger partial charge in [-0.3, -0.25) is 4.79 Å². The van der Waals surface area contributed by atoms with Crippen LogP contribution in [0, 0.1) is 6.92 Å². The lowest BCUT2D eigenvalue weighted by Crippen LogP contribution is -2.42. The topological polar surface area (TPSA) is 86.3 Å². The fourth-order valence-electron chi connectivity index (χ4n) is 6.07. The zero-order valence-electron chi connectivity index (χ0n) is 27.0. The van der Waals surface area contributed by atoms with Crippen molar-refractivity contribution in [2.24, 2.45) is 0 Å². The summed E-state index contributed by atoms with van der Waals surface area (Å²) in [7, 11) is 4.31. The Morgan fingerprint density at radius 2 is 1.72 bits per heavy atom. The maximum Gasteiger partial charge on any atom is 0.257 e. The van der Waals surface area contributed by atoms with Crippen LogP contribution in [-0.4, -0.2) is 59.0 Å². The maximum atomic E-state index is 12.9. The van der Waals surface area contributed by atoms with Gasteiger partial charge in [-0.1, -0.05) is 43.6 Å². The number of amides is 1. The number of pyridine rings is 1. The second-order valence-corrected chi connectivity index (χ2v) is 12.9. The predicted molar refractivity (Wildman–Crippen MR) is 190 cm³/mol. The van der Waals surface area contributed by atoms with Gasteiger partial charge in [-0.05, 0) is 111 Å². The SMILES string of the molecule is Cc1ccc(NC(=O)c2ccccc2Cl)cc1-c1cc(C(C)C)c2nc(Nc3ccc(N4CCC(N(C)C)CC4)nc3)ncc2c1. The monoisotopic (exact) mass is 633 g/mol. The number of halogens is 1. The van der Waals surface area contributed by atoms with Crippen molar-refractivity contribution >= 4 is 51.6 Å². The lowest BCUT2D eigenvalue weighted by atomic mass is 9.92. The van der Waals surface area contributed by atoms with Crippen LogP contribution in [0.4, 0.5) is 23.1 Å². The standard InChI is InChI=1S/C37H40ClN7O/c1-23(2)31-19-25(32-20-27(11-10-24(32)3)41-36(46)30-8-6-7-9-33(30)38)18-26-21-40-37(43-35(26)31)42-28-12-13-34(39-22-28)45-16-14-29(15-17-45)44(4)5/h6-13,18-23,29H,14-17H2,1-5H3,(H,41,46)(H,40,42,43). The number of piperidine rings is 1. The van der Waals surface area contributed by atoms with E-state index in [0.29, 0.717) is 28.3 Å². The molecule has 0 unspecified atom stereocenters. The van der Waals surface area contributed by atoms with Gasteiger partial charge in [0.25, 0.3) is 5.91 Å². The van der Waals surface area contributed by atoms with Crippen LogP contribution in [-0.2, 0) is 0 Å². The minimum absolute atomic E-state index is 0.228. The predicted octanol–water partition coefficient (Wildman–Crippen LogP) is 8.30. The molecule has 9 heteroatoms. The van der Waals surface area contributed by atoms with Gasteiger partial charge in [-0.25, -0.2) is 15.0 Å². The first-order valence-electron chi connectivity index (χ1n) is 15.8. The van der Waals surface area contributed by atoms with E-state index < -0.39 is 0 Å². The van der Waals surface area contributed by atoms with Gasteiger partial charge < -0.3 is 20.4 Å². The first-order chi connectivity index (χ1) is 22.2. The van der Waals surface area contributed by atoms with E-state index >= 15 is 0 Å². The van der Waals surface area contributed by atoms with E-state index in [-0.39, 0.29) is 11.8 Å². The molecule has 236 valence electrons. The summed E-state index contributed by atoms with van der Waals surface area (Å²) >= 11 is 6.26. The molecule has 0 bridgehead atoms. The lowest BCUT2D eigenvalue weighted by Gasteiger charge is -2.35. The summed E-state index contributed by atoms with van der Waals surface area (Å²) in [5, 5.41) is 7.72. The molecule has 3 heterocycles. The van der Waals surface area contributed by atoms with Gasteiger partial charge >= 0.3 is 0 Å². The summed E-state index contributed by atoms with van der Waals surface area (Å²) in [4.78, 5) is 32.0. The van der Waals surface area contributed by atoms with Gasteiger partial charge in [0.1, 0.15) is 5.82 Å². The highest BCUT2D eigenvalue weighted by atomic mass is 35.5. The van der Waals surface area contributed by atoms with Crippen molar-refractivity contribution in [3.63, 3.8) is 0 Å². The van der Waals surface area contributed by atoms with E-state index in [9.17, 15) is 4.79 Å². The summed E-state index contributed by atoms with van der Waals surface area (Å²) in [6.07, 6.45) is 6.01. The molecule has 6 rings (SSSR count). The van der Waals surface area contributed by atoms with Crippen LogP contribution < -0.4 is 15.5 Å². The average Bonchev–Trinajstić information content (AvgIpc) is 3.05. The van der Waals surface area contributed by atoms with E-state index in [0.717, 1.165) is 70.6 Å². The van der Waals surface area contributed by atoms with E-state index in [2.05, 4.69) is 78.5 Å². The molecule has 2 aromatic heterocycles. The molecule has 1 aliphatic rings. The first kappa shape index (κ1) is 31.5. The van der Waals surface area contributed by atoms with Crippen LogP contribution in [0.2, 0.25) is 5.02 Å². The number of rotatable bonds is 8. The molecule has 2 N–H and O–H groups in total. The number of carbonyl (C=O) groups is 1. The highest BCUT2D eigenvalue weighted by Gasteiger charge is 2.21. The van der Waals surface area contributed by atoms with Crippen LogP contribution in [0.5, 0.6) is 0 Å². The van der Waals surface area contributed by atoms with Crippen molar-refractivity contribution in [3.8, 4) is 11.1 Å². The zero-order chi connectivity index (χ0) is 32.4. The van der Waals surface area contributed by atoms with Gasteiger partial charge in [-0.2, -0.15) is 0 Å². The van der Waals surface area contributed by atoms with E-state index in [1.54, 1.807) is 18.2 Å². The summed E-state index contributed by atoms with van der Waals surface area (Å²) in [6.45, 7) is 8.44. The molecule has 1 fully saturated rings. The Balaban J connectivity index is 1.23. The molecule has 0 spiro atoms. The molecule has 0 atom stereocenters. The second-order valence-electron chi connectivity index (χ2n) is 12.5. The molecule has 0 radical (unpaired) electrons. The lowest BCUT2D eigenvalue weighted by molar-refractivity contribution is 0.102. The van der Waals surface area contributed by atoms with Gasteiger partial charge in [0.2, 0.25) is 5.95 Å². The first-order valence-corrected chi connectivity index (χ1v) is 16.2. The quantitative estimate of drug-likeness (QED) is 0.178. The largest absolute Gasteiger partial charge is 0.357 e. The molecule has 5 aromatic rings. The summed E-state index contributed by atoms with van der Waals surface area (Å²) < 4.78 is 0. The van der Waals surface area contributed by atoms with Crippen LogP contribution in [0.25, 0.3) is 22.0 Å². The number of hydrogen-bond acceptors (Lipinski definition) is 7. The average molecular weight is 634 g/mol. The molecule has 1 amide bonds. The Labute approximate surface area is 275 Å². The molecule has 46 heavy (non-hydrogen) atoms. The van der Waals surface area contributed by atoms with Crippen molar-refractivity contribution in [1.82, 2.24) is 19.9 Å². The number of anilines is 4. The summed E-state index contributed by atoms with van der Waals surface area (Å²) in [6, 6.07) is 22.0. The van der Waals surface area contributed by atoms with E-state index in [1.165, 1.54) is 0 Å². The fraction of sp³-hybridized carbons (Fsp3) is 0.297. The molecule has 0 aliphatic carbocycles. The minimum Gasteiger partial charge on any atom is -0.357 e. The Morgan fingerprint density at radius 1 is 0.957 bits per heavy atom. The minimum atomic E-state index is -0.246. The number of carbonyl (C=O) groups excluding carboxylic acids is 1. The van der Waals surface area contributed by atoms with Gasteiger partial charge in [-0.15, -0.1) is 0 Å².